The van der Waals surface area contributed by atoms with Gasteiger partial charge in [-0.15, -0.1) is 13.2 Å². The lowest BCUT2D eigenvalue weighted by molar-refractivity contribution is -0.276. The second kappa shape index (κ2) is 3.82. The molecule has 4 nitrogen and oxygen atoms in total. The molecule has 0 unspecified atom stereocenters. The van der Waals surface area contributed by atoms with Crippen LogP contribution >= 0.6 is 11.6 Å². The van der Waals surface area contributed by atoms with E-state index in [4.69, 9.17) is 22.6 Å². The molecule has 0 saturated heterocycles. The number of hydrogen-bond acceptors (Lipinski definition) is 4. The number of halogens is 4. The topological polar surface area (TPSA) is 71.9 Å². The van der Waals surface area contributed by atoms with E-state index < -0.39 is 17.9 Å². The van der Waals surface area contributed by atoms with Gasteiger partial charge in [0.05, 0.1) is 5.69 Å². The van der Waals surface area contributed by atoms with Gasteiger partial charge >= 0.3 is 6.36 Å². The lowest BCUT2D eigenvalue weighted by Gasteiger charge is -2.09. The van der Waals surface area contributed by atoms with E-state index in [1.54, 1.807) is 0 Å². The predicted octanol–water partition coefficient (Wildman–Crippen LogP) is 2.09. The number of nitrogen functional groups attached to an aromatic ring is 1. The Morgan fingerprint density at radius 2 is 2.13 bits per heavy atom. The van der Waals surface area contributed by atoms with E-state index in [2.05, 4.69) is 9.72 Å². The molecular formula is C7H3ClF3N3O. The number of anilines is 1. The van der Waals surface area contributed by atoms with Gasteiger partial charge in [0.2, 0.25) is 5.88 Å². The van der Waals surface area contributed by atoms with Crippen molar-refractivity contribution in [3.05, 3.63) is 16.8 Å². The first-order valence-electron chi connectivity index (χ1n) is 3.45. The first kappa shape index (κ1) is 11.4. The molecule has 0 aromatic carbocycles. The highest BCUT2D eigenvalue weighted by Gasteiger charge is 2.32. The van der Waals surface area contributed by atoms with E-state index in [0.717, 1.165) is 6.07 Å². The quantitative estimate of drug-likeness (QED) is 0.812. The van der Waals surface area contributed by atoms with Gasteiger partial charge in [-0.1, -0.05) is 11.6 Å². The second-order valence-electron chi connectivity index (χ2n) is 2.37. The highest BCUT2D eigenvalue weighted by Crippen LogP contribution is 2.28. The third kappa shape index (κ3) is 2.89. The van der Waals surface area contributed by atoms with Crippen LogP contribution in [0.1, 0.15) is 5.69 Å². The molecule has 0 aliphatic heterocycles. The molecule has 0 fully saturated rings. The van der Waals surface area contributed by atoms with Crippen molar-refractivity contribution in [3.63, 3.8) is 0 Å². The molecule has 2 N–H and O–H groups in total. The summed E-state index contributed by atoms with van der Waals surface area (Å²) in [6, 6.07) is 2.28. The Kier molecular flexibility index (Phi) is 2.90. The minimum absolute atomic E-state index is 0.202. The fourth-order valence-corrected chi connectivity index (χ4v) is 0.909. The van der Waals surface area contributed by atoms with Crippen LogP contribution in [0.15, 0.2) is 6.07 Å². The van der Waals surface area contributed by atoms with Gasteiger partial charge in [-0.2, -0.15) is 5.26 Å². The maximum atomic E-state index is 11.8. The van der Waals surface area contributed by atoms with Crippen molar-refractivity contribution in [3.8, 4) is 11.9 Å². The summed E-state index contributed by atoms with van der Waals surface area (Å²) in [6.07, 6.45) is -4.89. The molecule has 1 rings (SSSR count). The molecule has 0 aliphatic carbocycles. The summed E-state index contributed by atoms with van der Waals surface area (Å²) in [5, 5.41) is 8.27. The molecule has 80 valence electrons. The number of nitrogens with two attached hydrogens (primary N) is 1. The third-order valence-electron chi connectivity index (χ3n) is 1.29. The van der Waals surface area contributed by atoms with Gasteiger partial charge in [0.15, 0.2) is 5.69 Å². The Morgan fingerprint density at radius 1 is 1.53 bits per heavy atom. The van der Waals surface area contributed by atoms with Gasteiger partial charge in [0, 0.05) is 6.07 Å². The standard InChI is InChI=1S/C7H3ClF3N3O/c8-6-3(13)1-5(14-4(6)2-12)15-7(9,10)11/h1H,(H2,13,14). The smallest absolute Gasteiger partial charge is 0.397 e. The van der Waals surface area contributed by atoms with Crippen LogP contribution in [0.25, 0.3) is 0 Å². The van der Waals surface area contributed by atoms with Crippen LogP contribution in [0.4, 0.5) is 18.9 Å². The minimum Gasteiger partial charge on any atom is -0.397 e. The Labute approximate surface area is 87.0 Å². The molecule has 15 heavy (non-hydrogen) atoms. The van der Waals surface area contributed by atoms with Gasteiger partial charge in [0.25, 0.3) is 0 Å². The molecule has 8 heteroatoms. The fraction of sp³-hybridized carbons (Fsp3) is 0.143. The molecule has 0 saturated carbocycles. The van der Waals surface area contributed by atoms with E-state index >= 15 is 0 Å². The van der Waals surface area contributed by atoms with Crippen LogP contribution < -0.4 is 10.5 Å². The number of alkyl halides is 3. The van der Waals surface area contributed by atoms with Gasteiger partial charge in [-0.3, -0.25) is 0 Å². The number of pyridine rings is 1. The Hall–Kier alpha value is -1.68. The summed E-state index contributed by atoms with van der Waals surface area (Å²) >= 11 is 5.49. The van der Waals surface area contributed by atoms with E-state index in [1.165, 1.54) is 6.07 Å². The number of nitrogens with zero attached hydrogens (tertiary/aromatic N) is 2. The molecule has 0 amide bonds. The normalized spacial score (nSPS) is 10.9. The van der Waals surface area contributed by atoms with Crippen molar-refractivity contribution in [1.82, 2.24) is 4.98 Å². The first-order valence-corrected chi connectivity index (χ1v) is 3.83. The van der Waals surface area contributed by atoms with Crippen molar-refractivity contribution in [2.24, 2.45) is 0 Å². The average molecular weight is 238 g/mol. The molecule has 0 spiro atoms. The minimum atomic E-state index is -4.89. The number of aromatic nitrogens is 1. The molecule has 1 heterocycles. The summed E-state index contributed by atoms with van der Waals surface area (Å²) in [5.74, 6) is -0.819. The Bertz CT molecular complexity index is 427. The highest BCUT2D eigenvalue weighted by atomic mass is 35.5. The van der Waals surface area contributed by atoms with E-state index in [9.17, 15) is 13.2 Å². The molecule has 0 bridgehead atoms. The SMILES string of the molecule is N#Cc1nc(OC(F)(F)F)cc(N)c1Cl. The number of hydrogen-bond donors (Lipinski definition) is 1. The summed E-state index contributed by atoms with van der Waals surface area (Å²) in [7, 11) is 0. The second-order valence-corrected chi connectivity index (χ2v) is 2.75. The molecule has 0 aliphatic rings. The van der Waals surface area contributed by atoms with Crippen LogP contribution in [0.2, 0.25) is 5.02 Å². The summed E-state index contributed by atoms with van der Waals surface area (Å²) in [4.78, 5) is 3.22. The van der Waals surface area contributed by atoms with Crippen LogP contribution in [-0.2, 0) is 0 Å². The Balaban J connectivity index is 3.13. The predicted molar refractivity (Wildman–Crippen MR) is 45.1 cm³/mol. The van der Waals surface area contributed by atoms with Crippen LogP contribution in [0.3, 0.4) is 0 Å². The maximum Gasteiger partial charge on any atom is 0.574 e. The fourth-order valence-electron chi connectivity index (χ4n) is 0.770. The van der Waals surface area contributed by atoms with Crippen molar-refractivity contribution in [2.75, 3.05) is 5.73 Å². The highest BCUT2D eigenvalue weighted by molar-refractivity contribution is 6.34. The Morgan fingerprint density at radius 3 is 2.60 bits per heavy atom. The lowest BCUT2D eigenvalue weighted by atomic mass is 10.3. The molecule has 1 aromatic heterocycles. The van der Waals surface area contributed by atoms with Crippen LogP contribution in [-0.4, -0.2) is 11.3 Å². The van der Waals surface area contributed by atoms with Crippen molar-refractivity contribution in [1.29, 1.82) is 5.26 Å². The van der Waals surface area contributed by atoms with E-state index in [1.807, 2.05) is 0 Å². The third-order valence-corrected chi connectivity index (χ3v) is 1.69. The summed E-state index contributed by atoms with van der Waals surface area (Å²) < 4.78 is 38.9. The zero-order chi connectivity index (χ0) is 11.6. The zero-order valence-corrected chi connectivity index (χ0v) is 7.73. The number of nitriles is 1. The summed E-state index contributed by atoms with van der Waals surface area (Å²) in [5.41, 5.74) is 4.62. The van der Waals surface area contributed by atoms with Gasteiger partial charge < -0.3 is 10.5 Å². The van der Waals surface area contributed by atoms with Gasteiger partial charge in [-0.05, 0) is 0 Å². The van der Waals surface area contributed by atoms with Crippen LogP contribution in [0.5, 0.6) is 5.88 Å². The number of rotatable bonds is 1. The van der Waals surface area contributed by atoms with E-state index in [-0.39, 0.29) is 10.7 Å². The van der Waals surface area contributed by atoms with Crippen molar-refractivity contribution in [2.45, 2.75) is 6.36 Å². The van der Waals surface area contributed by atoms with Gasteiger partial charge in [0.1, 0.15) is 11.1 Å². The molecule has 0 radical (unpaired) electrons. The van der Waals surface area contributed by atoms with Gasteiger partial charge in [-0.25, -0.2) is 4.98 Å². The largest absolute Gasteiger partial charge is 0.574 e. The monoisotopic (exact) mass is 237 g/mol. The average Bonchev–Trinajstić information content (AvgIpc) is 2.08. The number of ether oxygens (including phenoxy) is 1. The maximum absolute atomic E-state index is 11.8. The van der Waals surface area contributed by atoms with Crippen LogP contribution in [0, 0.1) is 11.3 Å². The van der Waals surface area contributed by atoms with Crippen molar-refractivity contribution >= 4 is 17.3 Å². The lowest BCUT2D eigenvalue weighted by Crippen LogP contribution is -2.18. The molecule has 1 aromatic rings. The van der Waals surface area contributed by atoms with E-state index in [0.29, 0.717) is 0 Å². The molecule has 0 atom stereocenters. The van der Waals surface area contributed by atoms with Crippen molar-refractivity contribution < 1.29 is 17.9 Å². The first-order chi connectivity index (χ1) is 6.83. The summed E-state index contributed by atoms with van der Waals surface area (Å²) in [6.45, 7) is 0. The molecular weight excluding hydrogens is 235 g/mol. The zero-order valence-electron chi connectivity index (χ0n) is 6.97.